The van der Waals surface area contributed by atoms with Crippen molar-refractivity contribution in [1.82, 2.24) is 19.6 Å². The van der Waals surface area contributed by atoms with E-state index in [0.717, 1.165) is 10.9 Å². The minimum Gasteiger partial charge on any atom is -0.290 e. The fourth-order valence-electron chi connectivity index (χ4n) is 2.44. The number of amides is 1. The molecule has 112 valence electrons. The Labute approximate surface area is 135 Å². The van der Waals surface area contributed by atoms with Crippen LogP contribution in [0.4, 0.5) is 5.95 Å². The minimum atomic E-state index is -0.384. The second-order valence-electron chi connectivity index (χ2n) is 4.91. The van der Waals surface area contributed by atoms with Crippen molar-refractivity contribution < 1.29 is 4.79 Å². The van der Waals surface area contributed by atoms with Gasteiger partial charge >= 0.3 is 0 Å². The molecule has 23 heavy (non-hydrogen) atoms. The molecule has 1 amide bonds. The highest BCUT2D eigenvalue weighted by Crippen LogP contribution is 2.20. The maximum atomic E-state index is 12.4. The van der Waals surface area contributed by atoms with Gasteiger partial charge in [-0.25, -0.2) is 4.98 Å². The maximum absolute atomic E-state index is 12.4. The number of carbonyl (C=O) groups excluding carboxylic acids is 1. The van der Waals surface area contributed by atoms with E-state index in [-0.39, 0.29) is 16.6 Å². The predicted molar refractivity (Wildman–Crippen MR) is 87.7 cm³/mol. The highest BCUT2D eigenvalue weighted by molar-refractivity contribution is 6.33. The molecule has 0 bridgehead atoms. The third-order valence-corrected chi connectivity index (χ3v) is 3.81. The first-order valence-electron chi connectivity index (χ1n) is 6.89. The van der Waals surface area contributed by atoms with E-state index in [1.165, 1.54) is 6.20 Å². The van der Waals surface area contributed by atoms with Gasteiger partial charge in [-0.2, -0.15) is 0 Å². The first kappa shape index (κ1) is 13.7. The molecule has 0 aliphatic rings. The number of anilines is 1. The van der Waals surface area contributed by atoms with Crippen LogP contribution in [0.2, 0.25) is 5.15 Å². The Morgan fingerprint density at radius 1 is 1.04 bits per heavy atom. The van der Waals surface area contributed by atoms with Gasteiger partial charge in [0.1, 0.15) is 5.15 Å². The number of nitrogens with one attached hydrogen (secondary N) is 1. The van der Waals surface area contributed by atoms with Crippen molar-refractivity contribution in [3.8, 4) is 0 Å². The lowest BCUT2D eigenvalue weighted by molar-refractivity contribution is 0.102. The van der Waals surface area contributed by atoms with Crippen LogP contribution in [0.5, 0.6) is 0 Å². The number of hydrogen-bond donors (Lipinski definition) is 1. The van der Waals surface area contributed by atoms with E-state index in [2.05, 4.69) is 20.5 Å². The summed E-state index contributed by atoms with van der Waals surface area (Å²) in [6.45, 7) is 0. The van der Waals surface area contributed by atoms with E-state index >= 15 is 0 Å². The largest absolute Gasteiger partial charge is 0.290 e. The van der Waals surface area contributed by atoms with Crippen molar-refractivity contribution in [3.63, 3.8) is 0 Å². The molecule has 1 N–H and O–H groups in total. The molecule has 4 aromatic rings. The number of carbonyl (C=O) groups is 1. The van der Waals surface area contributed by atoms with Gasteiger partial charge in [-0.05, 0) is 35.7 Å². The van der Waals surface area contributed by atoms with Crippen LogP contribution in [0, 0.1) is 0 Å². The maximum Gasteiger partial charge on any atom is 0.261 e. The van der Waals surface area contributed by atoms with Gasteiger partial charge in [-0.3, -0.25) is 14.5 Å². The Bertz CT molecular complexity index is 1040. The quantitative estimate of drug-likeness (QED) is 0.575. The Hall–Kier alpha value is -2.99. The number of fused-ring (bicyclic) bond motifs is 3. The van der Waals surface area contributed by atoms with Crippen LogP contribution in [0.25, 0.3) is 16.6 Å². The number of para-hydroxylation sites is 1. The summed E-state index contributed by atoms with van der Waals surface area (Å²) in [5, 5.41) is 12.1. The average Bonchev–Trinajstić information content (AvgIpc) is 2.98. The zero-order valence-electron chi connectivity index (χ0n) is 11.8. The number of aromatic nitrogens is 4. The second kappa shape index (κ2) is 5.33. The SMILES string of the molecule is O=C(Nc1nnc2ccc3ccccc3n12)c1cccnc1Cl. The molecule has 0 radical (unpaired) electrons. The summed E-state index contributed by atoms with van der Waals surface area (Å²) in [7, 11) is 0. The number of halogens is 1. The molecule has 0 saturated carbocycles. The molecule has 4 rings (SSSR count). The summed E-state index contributed by atoms with van der Waals surface area (Å²) in [6, 6.07) is 14.9. The smallest absolute Gasteiger partial charge is 0.261 e. The number of hydrogen-bond acceptors (Lipinski definition) is 4. The van der Waals surface area contributed by atoms with E-state index in [1.54, 1.807) is 16.5 Å². The fraction of sp³-hybridized carbons (Fsp3) is 0. The highest BCUT2D eigenvalue weighted by atomic mass is 35.5. The lowest BCUT2D eigenvalue weighted by Gasteiger charge is -2.06. The lowest BCUT2D eigenvalue weighted by atomic mass is 10.2. The molecule has 6 nitrogen and oxygen atoms in total. The van der Waals surface area contributed by atoms with Gasteiger partial charge in [0, 0.05) is 6.20 Å². The summed E-state index contributed by atoms with van der Waals surface area (Å²) < 4.78 is 1.79. The molecular weight excluding hydrogens is 314 g/mol. The Morgan fingerprint density at radius 3 is 2.78 bits per heavy atom. The van der Waals surface area contributed by atoms with Crippen molar-refractivity contribution >= 4 is 40.0 Å². The van der Waals surface area contributed by atoms with E-state index < -0.39 is 0 Å². The molecule has 3 aromatic heterocycles. The zero-order valence-corrected chi connectivity index (χ0v) is 12.5. The van der Waals surface area contributed by atoms with E-state index in [9.17, 15) is 4.79 Å². The van der Waals surface area contributed by atoms with E-state index in [1.807, 2.05) is 36.4 Å². The van der Waals surface area contributed by atoms with Crippen LogP contribution in [0.3, 0.4) is 0 Å². The second-order valence-corrected chi connectivity index (χ2v) is 5.26. The van der Waals surface area contributed by atoms with Crippen molar-refractivity contribution in [2.24, 2.45) is 0 Å². The van der Waals surface area contributed by atoms with Gasteiger partial charge in [-0.1, -0.05) is 29.8 Å². The molecule has 0 fully saturated rings. The third-order valence-electron chi connectivity index (χ3n) is 3.51. The lowest BCUT2D eigenvalue weighted by Crippen LogP contribution is -2.15. The molecule has 7 heteroatoms. The van der Waals surface area contributed by atoms with Crippen molar-refractivity contribution in [2.75, 3.05) is 5.32 Å². The van der Waals surface area contributed by atoms with Gasteiger partial charge in [0.15, 0.2) is 5.65 Å². The summed E-state index contributed by atoms with van der Waals surface area (Å²) in [5.41, 5.74) is 1.84. The Kier molecular flexibility index (Phi) is 3.17. The molecule has 3 heterocycles. The van der Waals surface area contributed by atoms with Gasteiger partial charge in [0.2, 0.25) is 5.95 Å². The van der Waals surface area contributed by atoms with Crippen LogP contribution in [0.1, 0.15) is 10.4 Å². The van der Waals surface area contributed by atoms with Gasteiger partial charge in [-0.15, -0.1) is 10.2 Å². The zero-order chi connectivity index (χ0) is 15.8. The highest BCUT2D eigenvalue weighted by Gasteiger charge is 2.15. The molecule has 1 aromatic carbocycles. The number of benzene rings is 1. The third kappa shape index (κ3) is 2.29. The van der Waals surface area contributed by atoms with Crippen LogP contribution < -0.4 is 5.32 Å². The molecule has 0 saturated heterocycles. The van der Waals surface area contributed by atoms with Crippen LogP contribution in [-0.2, 0) is 0 Å². The van der Waals surface area contributed by atoms with Crippen LogP contribution >= 0.6 is 11.6 Å². The number of rotatable bonds is 2. The van der Waals surface area contributed by atoms with Crippen molar-refractivity contribution in [1.29, 1.82) is 0 Å². The molecule has 0 spiro atoms. The summed E-state index contributed by atoms with van der Waals surface area (Å²) in [5.74, 6) is -0.0490. The van der Waals surface area contributed by atoms with Crippen molar-refractivity contribution in [3.05, 3.63) is 65.4 Å². The van der Waals surface area contributed by atoms with Crippen LogP contribution in [-0.4, -0.2) is 25.5 Å². The molecule has 0 aliphatic heterocycles. The van der Waals surface area contributed by atoms with Gasteiger partial charge in [0.05, 0.1) is 11.1 Å². The fourth-order valence-corrected chi connectivity index (χ4v) is 2.65. The molecular formula is C16H10ClN5O. The standard InChI is InChI=1S/C16H10ClN5O/c17-14-11(5-3-9-18-14)15(23)19-16-21-20-13-8-7-10-4-1-2-6-12(10)22(13)16/h1-9H,(H,19,21,23). The average molecular weight is 324 g/mol. The summed E-state index contributed by atoms with van der Waals surface area (Å²) in [6.07, 6.45) is 1.53. The van der Waals surface area contributed by atoms with Crippen LogP contribution in [0.15, 0.2) is 54.7 Å². The first-order chi connectivity index (χ1) is 11.2. The van der Waals surface area contributed by atoms with Crippen molar-refractivity contribution in [2.45, 2.75) is 0 Å². The molecule has 0 aliphatic carbocycles. The molecule has 0 atom stereocenters. The minimum absolute atomic E-state index is 0.142. The normalized spacial score (nSPS) is 11.0. The summed E-state index contributed by atoms with van der Waals surface area (Å²) in [4.78, 5) is 16.3. The predicted octanol–water partition coefficient (Wildman–Crippen LogP) is 3.18. The first-order valence-corrected chi connectivity index (χ1v) is 7.26. The Balaban J connectivity index is 1.82. The topological polar surface area (TPSA) is 72.2 Å². The molecule has 0 unspecified atom stereocenters. The summed E-state index contributed by atoms with van der Waals surface area (Å²) >= 11 is 5.96. The number of nitrogens with zero attached hydrogens (tertiary/aromatic N) is 4. The van der Waals surface area contributed by atoms with Gasteiger partial charge < -0.3 is 0 Å². The number of pyridine rings is 2. The van der Waals surface area contributed by atoms with Gasteiger partial charge in [0.25, 0.3) is 5.91 Å². The van der Waals surface area contributed by atoms with E-state index in [4.69, 9.17) is 11.6 Å². The monoisotopic (exact) mass is 323 g/mol. The van der Waals surface area contributed by atoms with E-state index in [0.29, 0.717) is 11.6 Å². The Morgan fingerprint density at radius 2 is 1.91 bits per heavy atom.